The van der Waals surface area contributed by atoms with E-state index in [9.17, 15) is 4.39 Å². The van der Waals surface area contributed by atoms with Crippen LogP contribution in [-0.4, -0.2) is 6.61 Å². The molecule has 0 radical (unpaired) electrons. The van der Waals surface area contributed by atoms with Crippen LogP contribution in [0.4, 0.5) is 4.39 Å². The normalized spacial score (nSPS) is 15.6. The fourth-order valence-electron chi connectivity index (χ4n) is 1.40. The van der Waals surface area contributed by atoms with Crippen molar-refractivity contribution in [3.63, 3.8) is 0 Å². The predicted octanol–water partition coefficient (Wildman–Crippen LogP) is 3.23. The van der Waals surface area contributed by atoms with E-state index in [4.69, 9.17) is 4.74 Å². The third-order valence-corrected chi connectivity index (χ3v) is 2.63. The van der Waals surface area contributed by atoms with E-state index in [0.717, 1.165) is 23.8 Å². The zero-order valence-electron chi connectivity index (χ0n) is 8.64. The minimum absolute atomic E-state index is 0.152. The molecule has 0 aliphatic heterocycles. The van der Waals surface area contributed by atoms with Crippen LogP contribution in [0.1, 0.15) is 24.0 Å². The zero-order valence-corrected chi connectivity index (χ0v) is 8.64. The second kappa shape index (κ2) is 3.60. The molecule has 0 saturated heterocycles. The first-order valence-electron chi connectivity index (χ1n) is 5.06. The third kappa shape index (κ3) is 2.06. The molecular formula is C12H15FO. The van der Waals surface area contributed by atoms with Crippen molar-refractivity contribution in [1.82, 2.24) is 0 Å². The molecule has 0 N–H and O–H groups in total. The van der Waals surface area contributed by atoms with Crippen LogP contribution in [0.5, 0.6) is 5.75 Å². The summed E-state index contributed by atoms with van der Waals surface area (Å²) < 4.78 is 18.7. The van der Waals surface area contributed by atoms with Crippen molar-refractivity contribution in [1.29, 1.82) is 0 Å². The quantitative estimate of drug-likeness (QED) is 0.717. The standard InChI is InChI=1S/C12H15FO/c1-8-6-12(9(2)5-11(8)13)14-7-10-3-4-10/h5-6,10H,3-4,7H2,1-2H3. The molecule has 2 heteroatoms. The molecular weight excluding hydrogens is 179 g/mol. The lowest BCUT2D eigenvalue weighted by atomic mass is 10.1. The number of rotatable bonds is 3. The molecule has 14 heavy (non-hydrogen) atoms. The number of hydrogen-bond acceptors (Lipinski definition) is 1. The summed E-state index contributed by atoms with van der Waals surface area (Å²) in [5, 5.41) is 0. The van der Waals surface area contributed by atoms with Gasteiger partial charge in [0.05, 0.1) is 6.61 Å². The first-order chi connectivity index (χ1) is 6.66. The molecule has 76 valence electrons. The van der Waals surface area contributed by atoms with Crippen LogP contribution in [0, 0.1) is 25.6 Å². The summed E-state index contributed by atoms with van der Waals surface area (Å²) in [5.41, 5.74) is 1.54. The van der Waals surface area contributed by atoms with Crippen LogP contribution in [-0.2, 0) is 0 Å². The van der Waals surface area contributed by atoms with Gasteiger partial charge in [-0.25, -0.2) is 4.39 Å². The lowest BCUT2D eigenvalue weighted by Crippen LogP contribution is -2.01. The summed E-state index contributed by atoms with van der Waals surface area (Å²) in [6.07, 6.45) is 2.55. The highest BCUT2D eigenvalue weighted by Gasteiger charge is 2.22. The van der Waals surface area contributed by atoms with Crippen molar-refractivity contribution in [3.05, 3.63) is 29.1 Å². The summed E-state index contributed by atoms with van der Waals surface area (Å²) in [4.78, 5) is 0. The lowest BCUT2D eigenvalue weighted by molar-refractivity contribution is 0.297. The number of hydrogen-bond donors (Lipinski definition) is 0. The molecule has 1 aliphatic rings. The van der Waals surface area contributed by atoms with Crippen molar-refractivity contribution in [2.45, 2.75) is 26.7 Å². The number of halogens is 1. The summed E-state index contributed by atoms with van der Waals surface area (Å²) in [6.45, 7) is 4.43. The Bertz CT molecular complexity index is 342. The molecule has 1 aromatic carbocycles. The van der Waals surface area contributed by atoms with Gasteiger partial charge in [-0.15, -0.1) is 0 Å². The first kappa shape index (κ1) is 9.50. The van der Waals surface area contributed by atoms with E-state index in [1.54, 1.807) is 13.0 Å². The second-order valence-corrected chi connectivity index (χ2v) is 4.12. The summed E-state index contributed by atoms with van der Waals surface area (Å²) in [6, 6.07) is 3.32. The SMILES string of the molecule is Cc1cc(OCC2CC2)c(C)cc1F. The molecule has 1 aromatic rings. The minimum atomic E-state index is -0.152. The number of benzene rings is 1. The van der Waals surface area contributed by atoms with E-state index in [1.807, 2.05) is 6.92 Å². The zero-order chi connectivity index (χ0) is 10.1. The highest BCUT2D eigenvalue weighted by Crippen LogP contribution is 2.30. The van der Waals surface area contributed by atoms with Crippen molar-refractivity contribution in [2.75, 3.05) is 6.61 Å². The Hall–Kier alpha value is -1.05. The van der Waals surface area contributed by atoms with Gasteiger partial charge in [0, 0.05) is 0 Å². The molecule has 1 aliphatic carbocycles. The number of aryl methyl sites for hydroxylation is 2. The van der Waals surface area contributed by atoms with E-state index in [-0.39, 0.29) is 5.82 Å². The van der Waals surface area contributed by atoms with Gasteiger partial charge < -0.3 is 4.74 Å². The molecule has 1 fully saturated rings. The molecule has 1 nitrogen and oxygen atoms in total. The third-order valence-electron chi connectivity index (χ3n) is 2.63. The Morgan fingerprint density at radius 1 is 1.29 bits per heavy atom. The summed E-state index contributed by atoms with van der Waals surface area (Å²) in [5.74, 6) is 1.41. The molecule has 0 spiro atoms. The Kier molecular flexibility index (Phi) is 2.44. The van der Waals surface area contributed by atoms with Gasteiger partial charge in [0.15, 0.2) is 0 Å². The second-order valence-electron chi connectivity index (χ2n) is 4.12. The maximum absolute atomic E-state index is 13.1. The van der Waals surface area contributed by atoms with Gasteiger partial charge in [-0.1, -0.05) is 0 Å². The predicted molar refractivity (Wildman–Crippen MR) is 54.1 cm³/mol. The van der Waals surface area contributed by atoms with Crippen molar-refractivity contribution >= 4 is 0 Å². The van der Waals surface area contributed by atoms with Crippen molar-refractivity contribution < 1.29 is 9.13 Å². The van der Waals surface area contributed by atoms with Crippen LogP contribution < -0.4 is 4.74 Å². The van der Waals surface area contributed by atoms with Gasteiger partial charge in [0.1, 0.15) is 11.6 Å². The van der Waals surface area contributed by atoms with E-state index >= 15 is 0 Å². The minimum Gasteiger partial charge on any atom is -0.493 e. The van der Waals surface area contributed by atoms with Crippen LogP contribution >= 0.6 is 0 Å². The molecule has 0 atom stereocenters. The first-order valence-corrected chi connectivity index (χ1v) is 5.06. The number of ether oxygens (including phenoxy) is 1. The van der Waals surface area contributed by atoms with Gasteiger partial charge in [-0.2, -0.15) is 0 Å². The van der Waals surface area contributed by atoms with Crippen molar-refractivity contribution in [2.24, 2.45) is 5.92 Å². The Labute approximate surface area is 83.9 Å². The molecule has 0 unspecified atom stereocenters. The Balaban J connectivity index is 2.10. The van der Waals surface area contributed by atoms with Crippen LogP contribution in [0.25, 0.3) is 0 Å². The van der Waals surface area contributed by atoms with Gasteiger partial charge in [0.25, 0.3) is 0 Å². The topological polar surface area (TPSA) is 9.23 Å². The van der Waals surface area contributed by atoms with Gasteiger partial charge >= 0.3 is 0 Å². The van der Waals surface area contributed by atoms with Crippen LogP contribution in [0.15, 0.2) is 12.1 Å². The molecule has 0 heterocycles. The highest BCUT2D eigenvalue weighted by molar-refractivity contribution is 5.37. The van der Waals surface area contributed by atoms with E-state index in [1.165, 1.54) is 18.9 Å². The molecule has 0 amide bonds. The summed E-state index contributed by atoms with van der Waals surface area (Å²) in [7, 11) is 0. The maximum atomic E-state index is 13.1. The smallest absolute Gasteiger partial charge is 0.126 e. The maximum Gasteiger partial charge on any atom is 0.126 e. The average Bonchev–Trinajstić information content (AvgIpc) is 2.92. The van der Waals surface area contributed by atoms with E-state index in [2.05, 4.69) is 0 Å². The fraction of sp³-hybridized carbons (Fsp3) is 0.500. The van der Waals surface area contributed by atoms with Gasteiger partial charge in [-0.05, 0) is 55.9 Å². The van der Waals surface area contributed by atoms with Crippen LogP contribution in [0.3, 0.4) is 0 Å². The fourth-order valence-corrected chi connectivity index (χ4v) is 1.40. The monoisotopic (exact) mass is 194 g/mol. The lowest BCUT2D eigenvalue weighted by Gasteiger charge is -2.09. The van der Waals surface area contributed by atoms with Crippen molar-refractivity contribution in [3.8, 4) is 5.75 Å². The van der Waals surface area contributed by atoms with Gasteiger partial charge in [-0.3, -0.25) is 0 Å². The summed E-state index contributed by atoms with van der Waals surface area (Å²) >= 11 is 0. The molecule has 0 bridgehead atoms. The van der Waals surface area contributed by atoms with E-state index < -0.39 is 0 Å². The molecule has 2 rings (SSSR count). The molecule has 1 saturated carbocycles. The Morgan fingerprint density at radius 2 is 2.00 bits per heavy atom. The largest absolute Gasteiger partial charge is 0.493 e. The highest BCUT2D eigenvalue weighted by atomic mass is 19.1. The Morgan fingerprint density at radius 3 is 2.64 bits per heavy atom. The van der Waals surface area contributed by atoms with Gasteiger partial charge in [0.2, 0.25) is 0 Å². The average molecular weight is 194 g/mol. The van der Waals surface area contributed by atoms with Crippen LogP contribution in [0.2, 0.25) is 0 Å². The molecule has 0 aromatic heterocycles. The van der Waals surface area contributed by atoms with E-state index in [0.29, 0.717) is 5.56 Å².